The molecule has 2 rings (SSSR count). The van der Waals surface area contributed by atoms with Gasteiger partial charge in [0.05, 0.1) is 13.2 Å². The predicted molar refractivity (Wildman–Crippen MR) is 98.0 cm³/mol. The molecule has 0 bridgehead atoms. The van der Waals surface area contributed by atoms with Crippen LogP contribution < -0.4 is 5.56 Å². The summed E-state index contributed by atoms with van der Waals surface area (Å²) in [4.78, 5) is 27.0. The topological polar surface area (TPSA) is 68.4 Å². The number of carbonyl (C=O) groups excluding carboxylic acids is 1. The molecule has 0 saturated heterocycles. The van der Waals surface area contributed by atoms with Crippen molar-refractivity contribution in [2.24, 2.45) is 0 Å². The number of aromatic amines is 1. The number of aromatic nitrogens is 1. The normalized spacial score (nSPS) is 11.1. The SMILES string of the molecule is CCOC(=O)c1cc(-c2ccc(C)cc2F)c(CCCCOC(F)F)c(=O)[nH]1. The van der Waals surface area contributed by atoms with Crippen molar-refractivity contribution in [2.75, 3.05) is 13.2 Å². The number of unbranched alkanes of at least 4 members (excludes halogenated alkanes) is 1. The number of alkyl halides is 2. The lowest BCUT2D eigenvalue weighted by atomic mass is 9.95. The molecule has 0 fully saturated rings. The number of nitrogens with one attached hydrogen (secondary N) is 1. The first-order chi connectivity index (χ1) is 13.3. The number of pyridine rings is 1. The average molecular weight is 397 g/mol. The first-order valence-electron chi connectivity index (χ1n) is 8.93. The maximum Gasteiger partial charge on any atom is 0.354 e. The van der Waals surface area contributed by atoms with Gasteiger partial charge >= 0.3 is 12.6 Å². The van der Waals surface area contributed by atoms with Gasteiger partial charge in [-0.1, -0.05) is 12.1 Å². The number of hydrogen-bond acceptors (Lipinski definition) is 4. The molecule has 0 unspecified atom stereocenters. The summed E-state index contributed by atoms with van der Waals surface area (Å²) in [7, 11) is 0. The number of hydrogen-bond donors (Lipinski definition) is 1. The van der Waals surface area contributed by atoms with Crippen molar-refractivity contribution in [2.45, 2.75) is 39.7 Å². The van der Waals surface area contributed by atoms with E-state index < -0.39 is 24.0 Å². The van der Waals surface area contributed by atoms with Crippen LogP contribution in [0.3, 0.4) is 0 Å². The van der Waals surface area contributed by atoms with Gasteiger partial charge in [-0.15, -0.1) is 0 Å². The van der Waals surface area contributed by atoms with Crippen LogP contribution >= 0.6 is 0 Å². The van der Waals surface area contributed by atoms with Crippen LogP contribution in [0, 0.1) is 12.7 Å². The number of ether oxygens (including phenoxy) is 2. The lowest BCUT2D eigenvalue weighted by Crippen LogP contribution is -2.20. The number of benzene rings is 1. The quantitative estimate of drug-likeness (QED) is 0.508. The van der Waals surface area contributed by atoms with E-state index in [1.807, 2.05) is 0 Å². The van der Waals surface area contributed by atoms with E-state index in [1.165, 1.54) is 18.2 Å². The third-order valence-corrected chi connectivity index (χ3v) is 4.11. The summed E-state index contributed by atoms with van der Waals surface area (Å²) in [5.41, 5.74) is 0.817. The van der Waals surface area contributed by atoms with Crippen molar-refractivity contribution in [3.8, 4) is 11.1 Å². The van der Waals surface area contributed by atoms with E-state index in [0.717, 1.165) is 0 Å². The number of carbonyl (C=O) groups is 1. The predicted octanol–water partition coefficient (Wildman–Crippen LogP) is 4.23. The molecule has 1 heterocycles. The summed E-state index contributed by atoms with van der Waals surface area (Å²) in [5, 5.41) is 0. The summed E-state index contributed by atoms with van der Waals surface area (Å²) in [6.07, 6.45) is 0.905. The van der Waals surface area contributed by atoms with Crippen LogP contribution in [-0.4, -0.2) is 30.8 Å². The standard InChI is InChI=1S/C20H22F3NO4/c1-3-27-19(26)17-11-15(13-8-7-12(2)10-16(13)21)14(18(25)24-17)6-4-5-9-28-20(22)23/h7-8,10-11,20H,3-6,9H2,1-2H3,(H,24,25). The molecular weight excluding hydrogens is 375 g/mol. The molecule has 1 aromatic heterocycles. The molecule has 0 amide bonds. The summed E-state index contributed by atoms with van der Waals surface area (Å²) in [6, 6.07) is 5.96. The van der Waals surface area contributed by atoms with E-state index in [2.05, 4.69) is 9.72 Å². The maximum absolute atomic E-state index is 14.5. The fourth-order valence-corrected chi connectivity index (χ4v) is 2.81. The molecule has 0 aliphatic rings. The van der Waals surface area contributed by atoms with Gasteiger partial charge in [0, 0.05) is 11.1 Å². The van der Waals surface area contributed by atoms with E-state index in [0.29, 0.717) is 18.4 Å². The Morgan fingerprint density at radius 1 is 1.18 bits per heavy atom. The summed E-state index contributed by atoms with van der Waals surface area (Å²) in [5.74, 6) is -1.24. The Bertz CT molecular complexity index is 880. The molecule has 5 nitrogen and oxygen atoms in total. The molecule has 8 heteroatoms. The third kappa shape index (κ3) is 5.69. The Balaban J connectivity index is 2.39. The van der Waals surface area contributed by atoms with Gasteiger partial charge in [-0.25, -0.2) is 9.18 Å². The van der Waals surface area contributed by atoms with Crippen LogP contribution in [-0.2, 0) is 15.9 Å². The van der Waals surface area contributed by atoms with Gasteiger partial charge in [-0.2, -0.15) is 8.78 Å². The first kappa shape index (κ1) is 21.7. The van der Waals surface area contributed by atoms with E-state index in [-0.39, 0.29) is 42.0 Å². The van der Waals surface area contributed by atoms with Crippen molar-refractivity contribution in [1.29, 1.82) is 0 Å². The van der Waals surface area contributed by atoms with Gasteiger partial charge in [-0.3, -0.25) is 4.79 Å². The lowest BCUT2D eigenvalue weighted by Gasteiger charge is -2.13. The highest BCUT2D eigenvalue weighted by molar-refractivity contribution is 5.89. The summed E-state index contributed by atoms with van der Waals surface area (Å²) in [6.45, 7) is 0.501. The fraction of sp³-hybridized carbons (Fsp3) is 0.400. The van der Waals surface area contributed by atoms with Gasteiger partial charge in [0.15, 0.2) is 0 Å². The molecular formula is C20H22F3NO4. The Hall–Kier alpha value is -2.61. The molecule has 28 heavy (non-hydrogen) atoms. The fourth-order valence-electron chi connectivity index (χ4n) is 2.81. The van der Waals surface area contributed by atoms with Crippen molar-refractivity contribution < 1.29 is 27.4 Å². The minimum Gasteiger partial charge on any atom is -0.461 e. The van der Waals surface area contributed by atoms with Gasteiger partial charge in [-0.05, 0) is 56.4 Å². The van der Waals surface area contributed by atoms with Gasteiger partial charge in [0.25, 0.3) is 5.56 Å². The molecule has 0 aliphatic carbocycles. The second-order valence-electron chi connectivity index (χ2n) is 6.20. The molecule has 0 spiro atoms. The van der Waals surface area contributed by atoms with Crippen LogP contribution in [0.5, 0.6) is 0 Å². The number of halogens is 3. The van der Waals surface area contributed by atoms with Crippen LogP contribution in [0.1, 0.15) is 41.4 Å². The second-order valence-corrected chi connectivity index (χ2v) is 6.20. The zero-order valence-electron chi connectivity index (χ0n) is 15.7. The Kier molecular flexibility index (Phi) is 7.80. The van der Waals surface area contributed by atoms with E-state index in [1.54, 1.807) is 19.9 Å². The molecule has 1 N–H and O–H groups in total. The number of H-pyrrole nitrogens is 1. The molecule has 0 aliphatic heterocycles. The molecule has 0 radical (unpaired) electrons. The number of esters is 1. The van der Waals surface area contributed by atoms with E-state index in [4.69, 9.17) is 4.74 Å². The molecule has 0 saturated carbocycles. The molecule has 1 aromatic carbocycles. The maximum atomic E-state index is 14.5. The van der Waals surface area contributed by atoms with Crippen LogP contribution in [0.4, 0.5) is 13.2 Å². The Morgan fingerprint density at radius 3 is 2.57 bits per heavy atom. The molecule has 0 atom stereocenters. The third-order valence-electron chi connectivity index (χ3n) is 4.11. The van der Waals surface area contributed by atoms with Gasteiger partial charge < -0.3 is 14.5 Å². The summed E-state index contributed by atoms with van der Waals surface area (Å²) < 4.78 is 47.7. The van der Waals surface area contributed by atoms with E-state index in [9.17, 15) is 22.8 Å². The largest absolute Gasteiger partial charge is 0.461 e. The van der Waals surface area contributed by atoms with Crippen molar-refractivity contribution in [3.63, 3.8) is 0 Å². The highest BCUT2D eigenvalue weighted by Gasteiger charge is 2.18. The van der Waals surface area contributed by atoms with Crippen molar-refractivity contribution >= 4 is 5.97 Å². The molecule has 152 valence electrons. The van der Waals surface area contributed by atoms with Gasteiger partial charge in [0.1, 0.15) is 11.5 Å². The minimum atomic E-state index is -2.84. The average Bonchev–Trinajstić information content (AvgIpc) is 2.62. The van der Waals surface area contributed by atoms with Crippen LogP contribution in [0.25, 0.3) is 11.1 Å². The monoisotopic (exact) mass is 397 g/mol. The minimum absolute atomic E-state index is 0.0772. The zero-order valence-corrected chi connectivity index (χ0v) is 15.7. The van der Waals surface area contributed by atoms with Crippen molar-refractivity contribution in [1.82, 2.24) is 4.98 Å². The highest BCUT2D eigenvalue weighted by Crippen LogP contribution is 2.27. The lowest BCUT2D eigenvalue weighted by molar-refractivity contribution is -0.129. The van der Waals surface area contributed by atoms with Crippen LogP contribution in [0.2, 0.25) is 0 Å². The van der Waals surface area contributed by atoms with Crippen LogP contribution in [0.15, 0.2) is 29.1 Å². The Morgan fingerprint density at radius 2 is 1.93 bits per heavy atom. The number of aryl methyl sites for hydroxylation is 1. The Labute approximate surface area is 160 Å². The zero-order chi connectivity index (χ0) is 20.7. The molecule has 2 aromatic rings. The first-order valence-corrected chi connectivity index (χ1v) is 8.93. The highest BCUT2D eigenvalue weighted by atomic mass is 19.3. The number of rotatable bonds is 9. The summed E-state index contributed by atoms with van der Waals surface area (Å²) >= 11 is 0. The van der Waals surface area contributed by atoms with E-state index >= 15 is 0 Å². The van der Waals surface area contributed by atoms with Gasteiger partial charge in [0.2, 0.25) is 0 Å². The second kappa shape index (κ2) is 10.1. The van der Waals surface area contributed by atoms with Crippen molar-refractivity contribution in [3.05, 3.63) is 57.3 Å². The smallest absolute Gasteiger partial charge is 0.354 e.